The Labute approximate surface area is 163 Å². The number of likely N-dealkylation sites (tertiary alicyclic amines) is 1. The lowest BCUT2D eigenvalue weighted by Gasteiger charge is -2.31. The summed E-state index contributed by atoms with van der Waals surface area (Å²) in [4.78, 5) is 18.6. The highest BCUT2D eigenvalue weighted by Crippen LogP contribution is 2.24. The minimum atomic E-state index is -0.0743. The van der Waals surface area contributed by atoms with Gasteiger partial charge in [-0.05, 0) is 50.5 Å². The molecule has 1 amide bonds. The van der Waals surface area contributed by atoms with Crippen LogP contribution in [0.2, 0.25) is 0 Å². The molecular formula is C21H24N4O3. The smallest absolute Gasteiger partial charge is 0.289 e. The van der Waals surface area contributed by atoms with Crippen molar-refractivity contribution in [1.82, 2.24) is 19.7 Å². The lowest BCUT2D eigenvalue weighted by molar-refractivity contribution is 0.0654. The number of rotatable bonds is 5. The molecule has 3 heterocycles. The van der Waals surface area contributed by atoms with Crippen LogP contribution in [0.4, 0.5) is 0 Å². The summed E-state index contributed by atoms with van der Waals surface area (Å²) in [6, 6.07) is 9.88. The van der Waals surface area contributed by atoms with Gasteiger partial charge in [0.25, 0.3) is 5.91 Å². The molecule has 7 heteroatoms. The Morgan fingerprint density at radius 3 is 2.75 bits per heavy atom. The Bertz CT molecular complexity index is 940. The molecular weight excluding hydrogens is 356 g/mol. The fourth-order valence-corrected chi connectivity index (χ4v) is 3.58. The highest BCUT2D eigenvalue weighted by Gasteiger charge is 2.26. The molecule has 0 N–H and O–H groups in total. The standard InChI is InChI=1S/C21H24N4O3/c1-15-3-5-19(16(2)11-15)27-12-18-4-6-20(28-18)21(26)24-9-7-17(8-10-24)25-14-22-13-23-25/h3-6,11,13-14,17H,7-10,12H2,1-2H3. The highest BCUT2D eigenvalue weighted by atomic mass is 16.5. The summed E-state index contributed by atoms with van der Waals surface area (Å²) in [5.74, 6) is 1.75. The maximum atomic E-state index is 12.7. The van der Waals surface area contributed by atoms with Crippen LogP contribution in [0.15, 0.2) is 47.4 Å². The SMILES string of the molecule is Cc1ccc(OCc2ccc(C(=O)N3CCC(n4cncn4)CC3)o2)c(C)c1. The molecule has 0 unspecified atom stereocenters. The monoisotopic (exact) mass is 380 g/mol. The number of carbonyl (C=O) groups is 1. The minimum absolute atomic E-state index is 0.0743. The second-order valence-corrected chi connectivity index (χ2v) is 7.22. The molecule has 0 saturated carbocycles. The topological polar surface area (TPSA) is 73.4 Å². The molecule has 1 aliphatic rings. The van der Waals surface area contributed by atoms with Crippen LogP contribution < -0.4 is 4.74 Å². The Morgan fingerprint density at radius 2 is 2.04 bits per heavy atom. The number of piperidine rings is 1. The van der Waals surface area contributed by atoms with Crippen LogP contribution in [0.25, 0.3) is 0 Å². The van der Waals surface area contributed by atoms with Crippen molar-refractivity contribution < 1.29 is 13.9 Å². The van der Waals surface area contributed by atoms with Crippen LogP contribution in [-0.4, -0.2) is 38.7 Å². The maximum absolute atomic E-state index is 12.7. The van der Waals surface area contributed by atoms with Crippen LogP contribution in [-0.2, 0) is 6.61 Å². The van der Waals surface area contributed by atoms with E-state index in [0.29, 0.717) is 37.3 Å². The quantitative estimate of drug-likeness (QED) is 0.677. The van der Waals surface area contributed by atoms with Crippen molar-refractivity contribution in [3.63, 3.8) is 0 Å². The van der Waals surface area contributed by atoms with Gasteiger partial charge in [0, 0.05) is 13.1 Å². The molecule has 0 atom stereocenters. The van der Waals surface area contributed by atoms with Gasteiger partial charge < -0.3 is 14.1 Å². The Morgan fingerprint density at radius 1 is 1.21 bits per heavy atom. The molecule has 0 radical (unpaired) electrons. The van der Waals surface area contributed by atoms with Crippen molar-refractivity contribution in [2.75, 3.05) is 13.1 Å². The van der Waals surface area contributed by atoms with Crippen molar-refractivity contribution in [1.29, 1.82) is 0 Å². The molecule has 3 aromatic rings. The third-order valence-corrected chi connectivity index (χ3v) is 5.14. The summed E-state index contributed by atoms with van der Waals surface area (Å²) < 4.78 is 13.4. The number of benzene rings is 1. The summed E-state index contributed by atoms with van der Waals surface area (Å²) in [6.07, 6.45) is 5.00. The predicted octanol–water partition coefficient (Wildman–Crippen LogP) is 3.54. The molecule has 0 aliphatic carbocycles. The van der Waals surface area contributed by atoms with Crippen molar-refractivity contribution in [2.45, 2.75) is 39.3 Å². The number of carbonyl (C=O) groups excluding carboxylic acids is 1. The van der Waals surface area contributed by atoms with E-state index >= 15 is 0 Å². The van der Waals surface area contributed by atoms with Gasteiger partial charge in [0.15, 0.2) is 5.76 Å². The number of hydrogen-bond donors (Lipinski definition) is 0. The number of furan rings is 1. The van der Waals surface area contributed by atoms with E-state index in [2.05, 4.69) is 23.1 Å². The van der Waals surface area contributed by atoms with E-state index in [0.717, 1.165) is 24.2 Å². The minimum Gasteiger partial charge on any atom is -0.485 e. The molecule has 1 saturated heterocycles. The number of nitrogens with zero attached hydrogens (tertiary/aromatic N) is 4. The molecule has 1 aromatic carbocycles. The van der Waals surface area contributed by atoms with Crippen molar-refractivity contribution in [2.24, 2.45) is 0 Å². The van der Waals surface area contributed by atoms with Crippen molar-refractivity contribution >= 4 is 5.91 Å². The third-order valence-electron chi connectivity index (χ3n) is 5.14. The molecule has 7 nitrogen and oxygen atoms in total. The second-order valence-electron chi connectivity index (χ2n) is 7.22. The average Bonchev–Trinajstić information content (AvgIpc) is 3.39. The predicted molar refractivity (Wildman–Crippen MR) is 103 cm³/mol. The van der Waals surface area contributed by atoms with Gasteiger partial charge in [-0.25, -0.2) is 9.67 Å². The van der Waals surface area contributed by atoms with Gasteiger partial charge in [0.2, 0.25) is 0 Å². The van der Waals surface area contributed by atoms with Gasteiger partial charge in [-0.1, -0.05) is 17.7 Å². The first-order chi connectivity index (χ1) is 13.6. The van der Waals surface area contributed by atoms with Gasteiger partial charge in [0.05, 0.1) is 6.04 Å². The van der Waals surface area contributed by atoms with Crippen LogP contribution in [0.5, 0.6) is 5.75 Å². The highest BCUT2D eigenvalue weighted by molar-refractivity contribution is 5.91. The summed E-state index contributed by atoms with van der Waals surface area (Å²) in [5, 5.41) is 4.20. The van der Waals surface area contributed by atoms with E-state index < -0.39 is 0 Å². The molecule has 0 spiro atoms. The number of aromatic nitrogens is 3. The molecule has 1 aliphatic heterocycles. The van der Waals surface area contributed by atoms with Crippen molar-refractivity contribution in [3.8, 4) is 5.75 Å². The van der Waals surface area contributed by atoms with Gasteiger partial charge in [-0.15, -0.1) is 0 Å². The molecule has 146 valence electrons. The van der Waals surface area contributed by atoms with Crippen LogP contribution >= 0.6 is 0 Å². The molecule has 4 rings (SSSR count). The van der Waals surface area contributed by atoms with Crippen LogP contribution in [0.3, 0.4) is 0 Å². The van der Waals surface area contributed by atoms with Gasteiger partial charge in [-0.2, -0.15) is 5.10 Å². The lowest BCUT2D eigenvalue weighted by Crippen LogP contribution is -2.39. The molecule has 1 fully saturated rings. The van der Waals surface area contributed by atoms with Gasteiger partial charge in [-0.3, -0.25) is 4.79 Å². The fraction of sp³-hybridized carbons (Fsp3) is 0.381. The summed E-state index contributed by atoms with van der Waals surface area (Å²) >= 11 is 0. The Balaban J connectivity index is 1.33. The largest absolute Gasteiger partial charge is 0.485 e. The Hall–Kier alpha value is -3.09. The first-order valence-electron chi connectivity index (χ1n) is 9.52. The van der Waals surface area contributed by atoms with Crippen LogP contribution in [0, 0.1) is 13.8 Å². The first-order valence-corrected chi connectivity index (χ1v) is 9.52. The summed E-state index contributed by atoms with van der Waals surface area (Å²) in [6.45, 7) is 5.72. The molecule has 28 heavy (non-hydrogen) atoms. The van der Waals surface area contributed by atoms with E-state index in [9.17, 15) is 4.79 Å². The first kappa shape index (κ1) is 18.3. The molecule has 0 bridgehead atoms. The normalized spacial score (nSPS) is 15.0. The van der Waals surface area contributed by atoms with Crippen LogP contribution in [0.1, 0.15) is 46.3 Å². The zero-order valence-corrected chi connectivity index (χ0v) is 16.2. The average molecular weight is 380 g/mol. The third kappa shape index (κ3) is 3.93. The fourth-order valence-electron chi connectivity index (χ4n) is 3.58. The number of amides is 1. The van der Waals surface area contributed by atoms with Crippen molar-refractivity contribution in [3.05, 3.63) is 65.6 Å². The zero-order chi connectivity index (χ0) is 19.5. The number of ether oxygens (including phenoxy) is 1. The zero-order valence-electron chi connectivity index (χ0n) is 16.2. The van der Waals surface area contributed by atoms with E-state index in [1.807, 2.05) is 28.6 Å². The number of hydrogen-bond acceptors (Lipinski definition) is 5. The number of aryl methyl sites for hydroxylation is 2. The van der Waals surface area contributed by atoms with Gasteiger partial charge in [0.1, 0.15) is 30.8 Å². The summed E-state index contributed by atoms with van der Waals surface area (Å²) in [7, 11) is 0. The van der Waals surface area contributed by atoms with E-state index in [1.54, 1.807) is 24.8 Å². The molecule has 2 aromatic heterocycles. The van der Waals surface area contributed by atoms with E-state index in [1.165, 1.54) is 5.56 Å². The van der Waals surface area contributed by atoms with E-state index in [4.69, 9.17) is 9.15 Å². The summed E-state index contributed by atoms with van der Waals surface area (Å²) in [5.41, 5.74) is 2.28. The second kappa shape index (κ2) is 7.88. The van der Waals surface area contributed by atoms with E-state index in [-0.39, 0.29) is 5.91 Å². The maximum Gasteiger partial charge on any atom is 0.289 e. The van der Waals surface area contributed by atoms with Gasteiger partial charge >= 0.3 is 0 Å². The Kier molecular flexibility index (Phi) is 5.14. The lowest BCUT2D eigenvalue weighted by atomic mass is 10.1.